The van der Waals surface area contributed by atoms with Gasteiger partial charge < -0.3 is 10.1 Å². The summed E-state index contributed by atoms with van der Waals surface area (Å²) in [4.78, 5) is 1.42. The minimum atomic E-state index is 0. The average Bonchev–Trinajstić information content (AvgIpc) is 2.76. The Bertz CT molecular complexity index is 467. The smallest absolute Gasteiger partial charge is 0.118 e. The molecule has 0 aliphatic rings. The van der Waals surface area contributed by atoms with Gasteiger partial charge in [-0.2, -0.15) is 0 Å². The fourth-order valence-electron chi connectivity index (χ4n) is 1.65. The first-order valence-electron chi connectivity index (χ1n) is 5.66. The molecule has 98 valence electrons. The summed E-state index contributed by atoms with van der Waals surface area (Å²) in [6, 6.07) is 10.3. The van der Waals surface area contributed by atoms with Crippen molar-refractivity contribution in [3.05, 3.63) is 51.7 Å². The van der Waals surface area contributed by atoms with Crippen LogP contribution in [0.4, 0.5) is 0 Å². The van der Waals surface area contributed by atoms with Crippen molar-refractivity contribution in [1.82, 2.24) is 5.32 Å². The fraction of sp³-hybridized carbons (Fsp3) is 0.286. The molecular formula is C14H18ClNOS. The van der Waals surface area contributed by atoms with Gasteiger partial charge in [-0.1, -0.05) is 12.1 Å². The van der Waals surface area contributed by atoms with E-state index in [0.717, 1.165) is 18.8 Å². The molecule has 1 aromatic heterocycles. The lowest BCUT2D eigenvalue weighted by Crippen LogP contribution is -2.12. The van der Waals surface area contributed by atoms with Gasteiger partial charge in [0, 0.05) is 18.0 Å². The zero-order valence-corrected chi connectivity index (χ0v) is 12.2. The maximum absolute atomic E-state index is 5.13. The quantitative estimate of drug-likeness (QED) is 0.902. The SMILES string of the molecule is COc1ccc(CNCc2sccc2C)cc1.Cl. The highest BCUT2D eigenvalue weighted by Gasteiger charge is 1.99. The number of hydrogen-bond acceptors (Lipinski definition) is 3. The van der Waals surface area contributed by atoms with Gasteiger partial charge in [0.15, 0.2) is 0 Å². The molecule has 0 radical (unpaired) electrons. The number of halogens is 1. The Hall–Kier alpha value is -1.03. The maximum Gasteiger partial charge on any atom is 0.118 e. The summed E-state index contributed by atoms with van der Waals surface area (Å²) in [7, 11) is 1.69. The first kappa shape index (κ1) is 15.0. The Labute approximate surface area is 118 Å². The van der Waals surface area contributed by atoms with Gasteiger partial charge in [-0.25, -0.2) is 0 Å². The molecule has 0 saturated heterocycles. The van der Waals surface area contributed by atoms with E-state index < -0.39 is 0 Å². The molecule has 0 spiro atoms. The Balaban J connectivity index is 0.00000162. The molecule has 0 aliphatic carbocycles. The van der Waals surface area contributed by atoms with Crippen molar-refractivity contribution in [2.24, 2.45) is 0 Å². The lowest BCUT2D eigenvalue weighted by Gasteiger charge is -2.05. The van der Waals surface area contributed by atoms with Crippen LogP contribution in [0.2, 0.25) is 0 Å². The molecule has 0 saturated carbocycles. The third kappa shape index (κ3) is 4.02. The van der Waals surface area contributed by atoms with Crippen LogP contribution >= 0.6 is 23.7 Å². The van der Waals surface area contributed by atoms with Crippen LogP contribution in [-0.2, 0) is 13.1 Å². The van der Waals surface area contributed by atoms with Crippen molar-refractivity contribution in [1.29, 1.82) is 0 Å². The van der Waals surface area contributed by atoms with E-state index in [1.807, 2.05) is 23.5 Å². The molecule has 18 heavy (non-hydrogen) atoms. The first-order chi connectivity index (χ1) is 8.29. The Morgan fingerprint density at radius 2 is 1.83 bits per heavy atom. The maximum atomic E-state index is 5.13. The molecular weight excluding hydrogens is 266 g/mol. The minimum Gasteiger partial charge on any atom is -0.497 e. The number of methoxy groups -OCH3 is 1. The van der Waals surface area contributed by atoms with E-state index in [1.165, 1.54) is 16.0 Å². The van der Waals surface area contributed by atoms with E-state index in [0.29, 0.717) is 0 Å². The van der Waals surface area contributed by atoms with Crippen LogP contribution in [0, 0.1) is 6.92 Å². The van der Waals surface area contributed by atoms with Crippen LogP contribution in [0.15, 0.2) is 35.7 Å². The number of thiophene rings is 1. The lowest BCUT2D eigenvalue weighted by atomic mass is 10.2. The van der Waals surface area contributed by atoms with Gasteiger partial charge in [-0.3, -0.25) is 0 Å². The number of nitrogens with one attached hydrogen (secondary N) is 1. The summed E-state index contributed by atoms with van der Waals surface area (Å²) < 4.78 is 5.13. The average molecular weight is 284 g/mol. The third-order valence-electron chi connectivity index (χ3n) is 2.74. The summed E-state index contributed by atoms with van der Waals surface area (Å²) in [5, 5.41) is 5.59. The Morgan fingerprint density at radius 3 is 2.39 bits per heavy atom. The number of hydrogen-bond donors (Lipinski definition) is 1. The molecule has 2 rings (SSSR count). The van der Waals surface area contributed by atoms with Crippen molar-refractivity contribution in [3.8, 4) is 5.75 Å². The van der Waals surface area contributed by atoms with Crippen molar-refractivity contribution >= 4 is 23.7 Å². The van der Waals surface area contributed by atoms with E-state index >= 15 is 0 Å². The zero-order chi connectivity index (χ0) is 12.1. The molecule has 2 nitrogen and oxygen atoms in total. The second-order valence-electron chi connectivity index (χ2n) is 3.98. The van der Waals surface area contributed by atoms with Crippen LogP contribution in [-0.4, -0.2) is 7.11 Å². The van der Waals surface area contributed by atoms with Gasteiger partial charge in [0.1, 0.15) is 5.75 Å². The molecule has 1 heterocycles. The number of benzene rings is 1. The first-order valence-corrected chi connectivity index (χ1v) is 6.54. The van der Waals surface area contributed by atoms with Gasteiger partial charge in [0.05, 0.1) is 7.11 Å². The Morgan fingerprint density at radius 1 is 1.11 bits per heavy atom. The van der Waals surface area contributed by atoms with Crippen molar-refractivity contribution in [2.45, 2.75) is 20.0 Å². The summed E-state index contributed by atoms with van der Waals surface area (Å²) in [5.74, 6) is 0.905. The predicted molar refractivity (Wildman–Crippen MR) is 79.8 cm³/mol. The van der Waals surface area contributed by atoms with Gasteiger partial charge in [0.2, 0.25) is 0 Å². The monoisotopic (exact) mass is 283 g/mol. The molecule has 0 amide bonds. The molecule has 1 N–H and O–H groups in total. The predicted octanol–water partition coefficient (Wildman–Crippen LogP) is 3.78. The van der Waals surface area contributed by atoms with Crippen LogP contribution in [0.1, 0.15) is 16.0 Å². The van der Waals surface area contributed by atoms with Crippen LogP contribution in [0.3, 0.4) is 0 Å². The highest BCUT2D eigenvalue weighted by Crippen LogP contribution is 2.15. The summed E-state index contributed by atoms with van der Waals surface area (Å²) in [6.07, 6.45) is 0. The van der Waals surface area contributed by atoms with Gasteiger partial charge in [0.25, 0.3) is 0 Å². The van der Waals surface area contributed by atoms with Gasteiger partial charge in [-0.05, 0) is 41.6 Å². The molecule has 4 heteroatoms. The second-order valence-corrected chi connectivity index (χ2v) is 4.98. The van der Waals surface area contributed by atoms with Crippen LogP contribution in [0.25, 0.3) is 0 Å². The summed E-state index contributed by atoms with van der Waals surface area (Å²) in [6.45, 7) is 3.98. The number of ether oxygens (including phenoxy) is 1. The second kappa shape index (κ2) is 7.41. The topological polar surface area (TPSA) is 21.3 Å². The highest BCUT2D eigenvalue weighted by molar-refractivity contribution is 7.10. The van der Waals surface area contributed by atoms with Crippen molar-refractivity contribution < 1.29 is 4.74 Å². The molecule has 0 unspecified atom stereocenters. The standard InChI is InChI=1S/C14H17NOS.ClH/c1-11-7-8-17-14(11)10-15-9-12-3-5-13(16-2)6-4-12;/h3-8,15H,9-10H2,1-2H3;1H. The van der Waals surface area contributed by atoms with Gasteiger partial charge >= 0.3 is 0 Å². The van der Waals surface area contributed by atoms with E-state index in [1.54, 1.807) is 7.11 Å². The summed E-state index contributed by atoms with van der Waals surface area (Å²) in [5.41, 5.74) is 2.65. The van der Waals surface area contributed by atoms with E-state index in [4.69, 9.17) is 4.74 Å². The van der Waals surface area contributed by atoms with Crippen LogP contribution < -0.4 is 10.1 Å². The highest BCUT2D eigenvalue weighted by atomic mass is 35.5. The van der Waals surface area contributed by atoms with E-state index in [2.05, 4.69) is 35.8 Å². The fourth-order valence-corrected chi connectivity index (χ4v) is 2.52. The Kier molecular flexibility index (Phi) is 6.19. The minimum absolute atomic E-state index is 0. The molecule has 1 aromatic carbocycles. The third-order valence-corrected chi connectivity index (χ3v) is 3.76. The van der Waals surface area contributed by atoms with Crippen molar-refractivity contribution in [3.63, 3.8) is 0 Å². The van der Waals surface area contributed by atoms with Gasteiger partial charge in [-0.15, -0.1) is 23.7 Å². The summed E-state index contributed by atoms with van der Waals surface area (Å²) >= 11 is 1.81. The number of rotatable bonds is 5. The molecule has 0 fully saturated rings. The van der Waals surface area contributed by atoms with E-state index in [9.17, 15) is 0 Å². The largest absolute Gasteiger partial charge is 0.497 e. The van der Waals surface area contributed by atoms with Crippen molar-refractivity contribution in [2.75, 3.05) is 7.11 Å². The zero-order valence-electron chi connectivity index (χ0n) is 10.6. The van der Waals surface area contributed by atoms with E-state index in [-0.39, 0.29) is 12.4 Å². The van der Waals surface area contributed by atoms with Crippen LogP contribution in [0.5, 0.6) is 5.75 Å². The molecule has 0 aliphatic heterocycles. The molecule has 0 atom stereocenters. The normalized spacial score (nSPS) is 9.89. The molecule has 2 aromatic rings. The number of aryl methyl sites for hydroxylation is 1. The molecule has 0 bridgehead atoms. The lowest BCUT2D eigenvalue weighted by molar-refractivity contribution is 0.414.